The summed E-state index contributed by atoms with van der Waals surface area (Å²) in [5, 5.41) is 0. The van der Waals surface area contributed by atoms with E-state index in [4.69, 9.17) is 9.47 Å². The molecule has 0 spiro atoms. The zero-order chi connectivity index (χ0) is 17.7. The lowest BCUT2D eigenvalue weighted by Gasteiger charge is -2.29. The lowest BCUT2D eigenvalue weighted by molar-refractivity contribution is -0.142. The molecule has 0 saturated heterocycles. The van der Waals surface area contributed by atoms with Gasteiger partial charge in [-0.05, 0) is 17.7 Å². The molecule has 1 amide bonds. The number of rotatable bonds is 2. The van der Waals surface area contributed by atoms with Crippen LogP contribution < -0.4 is 9.64 Å². The van der Waals surface area contributed by atoms with Gasteiger partial charge in [0.25, 0.3) is 11.7 Å². The van der Waals surface area contributed by atoms with Crippen LogP contribution in [0.5, 0.6) is 5.75 Å². The van der Waals surface area contributed by atoms with Crippen LogP contribution in [0.15, 0.2) is 36.4 Å². The van der Waals surface area contributed by atoms with E-state index in [1.165, 1.54) is 12.0 Å². The molecule has 0 bridgehead atoms. The highest BCUT2D eigenvalue weighted by Crippen LogP contribution is 2.48. The zero-order valence-electron chi connectivity index (χ0n) is 13.7. The van der Waals surface area contributed by atoms with E-state index in [0.717, 1.165) is 11.1 Å². The van der Waals surface area contributed by atoms with E-state index in [1.807, 2.05) is 30.3 Å². The third kappa shape index (κ3) is 2.14. The third-order valence-corrected chi connectivity index (χ3v) is 4.66. The number of methoxy groups -OCH3 is 1. The zero-order valence-corrected chi connectivity index (χ0v) is 13.7. The van der Waals surface area contributed by atoms with Gasteiger partial charge in [0.05, 0.1) is 24.8 Å². The smallest absolute Gasteiger partial charge is 0.309 e. The Kier molecular flexibility index (Phi) is 3.35. The van der Waals surface area contributed by atoms with E-state index in [-0.39, 0.29) is 6.42 Å². The number of anilines is 1. The molecule has 4 rings (SSSR count). The second-order valence-corrected chi connectivity index (χ2v) is 6.00. The fourth-order valence-corrected chi connectivity index (χ4v) is 3.45. The van der Waals surface area contributed by atoms with Crippen molar-refractivity contribution >= 4 is 23.3 Å². The highest BCUT2D eigenvalue weighted by Gasteiger charge is 2.41. The minimum absolute atomic E-state index is 0.0422. The number of hydrogen-bond donors (Lipinski definition) is 0. The van der Waals surface area contributed by atoms with Crippen LogP contribution >= 0.6 is 0 Å². The fraction of sp³-hybridized carbons (Fsp3) is 0.211. The van der Waals surface area contributed by atoms with Gasteiger partial charge in [-0.2, -0.15) is 0 Å². The number of Topliss-reactive ketones (excluding diaryl/α,β-unsaturated/α-hetero) is 1. The number of carbonyl (C=O) groups is 3. The van der Waals surface area contributed by atoms with Crippen LogP contribution in [0.3, 0.4) is 0 Å². The first kappa shape index (κ1) is 15.4. The Labute approximate surface area is 144 Å². The minimum atomic E-state index is -0.685. The summed E-state index contributed by atoms with van der Waals surface area (Å²) >= 11 is 0. The van der Waals surface area contributed by atoms with Gasteiger partial charge >= 0.3 is 5.97 Å². The molecule has 0 N–H and O–H groups in total. The Morgan fingerprint density at radius 3 is 2.68 bits per heavy atom. The van der Waals surface area contributed by atoms with E-state index in [0.29, 0.717) is 22.6 Å². The molecule has 0 saturated carbocycles. The molecular formula is C19H15NO5. The average molecular weight is 337 g/mol. The van der Waals surface area contributed by atoms with Gasteiger partial charge in [0, 0.05) is 18.2 Å². The van der Waals surface area contributed by atoms with Crippen molar-refractivity contribution in [1.82, 2.24) is 0 Å². The van der Waals surface area contributed by atoms with Gasteiger partial charge in [-0.3, -0.25) is 14.4 Å². The summed E-state index contributed by atoms with van der Waals surface area (Å²) in [5.74, 6) is -0.974. The lowest BCUT2D eigenvalue weighted by Crippen LogP contribution is -2.25. The highest BCUT2D eigenvalue weighted by atomic mass is 16.5. The summed E-state index contributed by atoms with van der Waals surface area (Å²) in [6.07, 6.45) is -0.727. The maximum atomic E-state index is 12.5. The number of benzene rings is 2. The Balaban J connectivity index is 1.97. The van der Waals surface area contributed by atoms with Gasteiger partial charge in [-0.1, -0.05) is 24.3 Å². The number of para-hydroxylation sites is 1. The number of fused-ring (bicyclic) bond motifs is 5. The van der Waals surface area contributed by atoms with Crippen molar-refractivity contribution in [2.24, 2.45) is 0 Å². The van der Waals surface area contributed by atoms with Crippen molar-refractivity contribution < 1.29 is 23.9 Å². The van der Waals surface area contributed by atoms with Gasteiger partial charge in [-0.25, -0.2) is 0 Å². The summed E-state index contributed by atoms with van der Waals surface area (Å²) in [6.45, 7) is 0. The molecule has 2 heterocycles. The number of amides is 1. The van der Waals surface area contributed by atoms with Crippen molar-refractivity contribution in [3.8, 4) is 16.9 Å². The monoisotopic (exact) mass is 337 g/mol. The maximum absolute atomic E-state index is 12.5. The number of hydrogen-bond acceptors (Lipinski definition) is 5. The molecule has 6 nitrogen and oxygen atoms in total. The second kappa shape index (κ2) is 5.44. The van der Waals surface area contributed by atoms with Crippen LogP contribution in [0.25, 0.3) is 11.1 Å². The van der Waals surface area contributed by atoms with E-state index in [2.05, 4.69) is 0 Å². The van der Waals surface area contributed by atoms with Crippen LogP contribution in [0.1, 0.15) is 28.4 Å². The topological polar surface area (TPSA) is 72.9 Å². The van der Waals surface area contributed by atoms with Crippen LogP contribution in [0, 0.1) is 0 Å². The van der Waals surface area contributed by atoms with Crippen molar-refractivity contribution in [2.75, 3.05) is 19.1 Å². The van der Waals surface area contributed by atoms with Crippen LogP contribution in [0.2, 0.25) is 0 Å². The van der Waals surface area contributed by atoms with Gasteiger partial charge in [0.1, 0.15) is 11.9 Å². The molecule has 0 aliphatic carbocycles. The molecular weight excluding hydrogens is 322 g/mol. The number of likely N-dealkylation sites (N-methyl/N-ethyl adjacent to an activating group) is 1. The lowest BCUT2D eigenvalue weighted by atomic mass is 9.86. The summed E-state index contributed by atoms with van der Waals surface area (Å²) < 4.78 is 10.8. The van der Waals surface area contributed by atoms with Crippen molar-refractivity contribution in [2.45, 2.75) is 12.5 Å². The first-order valence-electron chi connectivity index (χ1n) is 7.85. The number of ether oxygens (including phenoxy) is 2. The predicted octanol–water partition coefficient (Wildman–Crippen LogP) is 2.51. The van der Waals surface area contributed by atoms with E-state index >= 15 is 0 Å². The predicted molar refractivity (Wildman–Crippen MR) is 89.6 cm³/mol. The summed E-state index contributed by atoms with van der Waals surface area (Å²) in [7, 11) is 2.86. The number of esters is 1. The summed E-state index contributed by atoms with van der Waals surface area (Å²) in [5.41, 5.74) is 3.05. The molecule has 6 heteroatoms. The van der Waals surface area contributed by atoms with Gasteiger partial charge in [0.2, 0.25) is 0 Å². The molecule has 2 aromatic carbocycles. The quantitative estimate of drug-likeness (QED) is 0.622. The summed E-state index contributed by atoms with van der Waals surface area (Å²) in [6, 6.07) is 11.0. The largest absolute Gasteiger partial charge is 0.484 e. The first-order valence-corrected chi connectivity index (χ1v) is 7.85. The number of nitrogens with zero attached hydrogens (tertiary/aromatic N) is 1. The van der Waals surface area contributed by atoms with E-state index in [9.17, 15) is 14.4 Å². The molecule has 1 unspecified atom stereocenters. The molecule has 2 aliphatic heterocycles. The van der Waals surface area contributed by atoms with E-state index < -0.39 is 23.8 Å². The van der Waals surface area contributed by atoms with Crippen molar-refractivity contribution in [3.05, 3.63) is 47.5 Å². The number of carbonyl (C=O) groups excluding carboxylic acids is 3. The van der Waals surface area contributed by atoms with Crippen molar-refractivity contribution in [3.63, 3.8) is 0 Å². The molecule has 25 heavy (non-hydrogen) atoms. The molecule has 0 fully saturated rings. The third-order valence-electron chi connectivity index (χ3n) is 4.66. The highest BCUT2D eigenvalue weighted by molar-refractivity contribution is 6.52. The molecule has 0 aromatic heterocycles. The molecule has 126 valence electrons. The fourth-order valence-electron chi connectivity index (χ4n) is 3.45. The Morgan fingerprint density at radius 1 is 1.16 bits per heavy atom. The second-order valence-electron chi connectivity index (χ2n) is 6.00. The minimum Gasteiger partial charge on any atom is -0.484 e. The molecule has 2 aliphatic rings. The van der Waals surface area contributed by atoms with E-state index in [1.54, 1.807) is 13.1 Å². The molecule has 2 aromatic rings. The van der Waals surface area contributed by atoms with Crippen LogP contribution in [-0.2, 0) is 14.3 Å². The van der Waals surface area contributed by atoms with Crippen LogP contribution in [-0.4, -0.2) is 31.8 Å². The van der Waals surface area contributed by atoms with Crippen molar-refractivity contribution in [1.29, 1.82) is 0 Å². The Bertz CT molecular complexity index is 933. The summed E-state index contributed by atoms with van der Waals surface area (Å²) in [4.78, 5) is 37.8. The Morgan fingerprint density at radius 2 is 1.92 bits per heavy atom. The Hall–Kier alpha value is -3.15. The number of ketones is 1. The van der Waals surface area contributed by atoms with Gasteiger partial charge < -0.3 is 14.4 Å². The van der Waals surface area contributed by atoms with Gasteiger partial charge in [-0.15, -0.1) is 0 Å². The first-order chi connectivity index (χ1) is 12.0. The standard InChI is InChI=1S/C19H15NO5/c1-20-12-8-7-11-10-5-3-4-6-13(10)25-14(9-15(21)24-2)16(11)17(12)18(22)19(20)23/h3-8,14H,9H2,1-2H3. The maximum Gasteiger partial charge on any atom is 0.309 e. The normalized spacial score (nSPS) is 17.5. The SMILES string of the molecule is COC(=O)CC1Oc2ccccc2-c2ccc3c(c21)C(=O)C(=O)N3C. The molecule has 1 atom stereocenters. The van der Waals surface area contributed by atoms with Crippen LogP contribution in [0.4, 0.5) is 5.69 Å². The average Bonchev–Trinajstić information content (AvgIpc) is 2.85. The molecule has 0 radical (unpaired) electrons. The van der Waals surface area contributed by atoms with Gasteiger partial charge in [0.15, 0.2) is 0 Å².